The first-order valence-corrected chi connectivity index (χ1v) is 5.40. The minimum atomic E-state index is 0.257. The van der Waals surface area contributed by atoms with Crippen molar-refractivity contribution in [3.05, 3.63) is 60.9 Å². The fourth-order valence-corrected chi connectivity index (χ4v) is 2.01. The van der Waals surface area contributed by atoms with Gasteiger partial charge in [-0.2, -0.15) is 0 Å². The largest absolute Gasteiger partial charge is 0.507 e. The molecule has 0 bridgehead atoms. The summed E-state index contributed by atoms with van der Waals surface area (Å²) >= 11 is 0. The lowest BCUT2D eigenvalue weighted by atomic mass is 9.98. The van der Waals surface area contributed by atoms with E-state index in [2.05, 4.69) is 11.2 Å². The first-order chi connectivity index (χ1) is 8.36. The number of benzene rings is 2. The van der Waals surface area contributed by atoms with Gasteiger partial charge in [-0.1, -0.05) is 36.4 Å². The maximum atomic E-state index is 10.0. The van der Waals surface area contributed by atoms with Crippen LogP contribution < -0.4 is 0 Å². The average Bonchev–Trinajstić information content (AvgIpc) is 2.39. The van der Waals surface area contributed by atoms with Crippen LogP contribution in [0.5, 0.6) is 5.75 Å². The van der Waals surface area contributed by atoms with Crippen molar-refractivity contribution in [2.75, 3.05) is 0 Å². The van der Waals surface area contributed by atoms with Gasteiger partial charge in [0, 0.05) is 17.3 Å². The van der Waals surface area contributed by atoms with Crippen LogP contribution in [0.4, 0.5) is 0 Å². The van der Waals surface area contributed by atoms with Gasteiger partial charge in [0.15, 0.2) is 0 Å². The number of pyridine rings is 1. The molecule has 2 aromatic carbocycles. The fraction of sp³-hybridized carbons (Fsp3) is 0. The van der Waals surface area contributed by atoms with E-state index in [0.29, 0.717) is 0 Å². The van der Waals surface area contributed by atoms with Gasteiger partial charge in [-0.25, -0.2) is 0 Å². The molecule has 3 aromatic rings. The van der Waals surface area contributed by atoms with Gasteiger partial charge >= 0.3 is 0 Å². The Labute approximate surface area is 99.2 Å². The molecule has 0 aliphatic carbocycles. The zero-order valence-corrected chi connectivity index (χ0v) is 9.09. The van der Waals surface area contributed by atoms with Crippen molar-refractivity contribution < 1.29 is 5.11 Å². The van der Waals surface area contributed by atoms with Crippen molar-refractivity contribution in [2.24, 2.45) is 0 Å². The number of nitrogens with zero attached hydrogens (tertiary/aromatic N) is 1. The van der Waals surface area contributed by atoms with Crippen LogP contribution in [0.2, 0.25) is 0 Å². The fourth-order valence-electron chi connectivity index (χ4n) is 2.01. The number of aromatic hydroxyl groups is 1. The molecule has 1 aromatic heterocycles. The third kappa shape index (κ3) is 1.64. The topological polar surface area (TPSA) is 33.1 Å². The van der Waals surface area contributed by atoms with Crippen molar-refractivity contribution >= 4 is 10.8 Å². The summed E-state index contributed by atoms with van der Waals surface area (Å²) in [7, 11) is 0. The highest BCUT2D eigenvalue weighted by atomic mass is 16.3. The van der Waals surface area contributed by atoms with E-state index in [1.807, 2.05) is 42.5 Å². The summed E-state index contributed by atoms with van der Waals surface area (Å²) in [5.41, 5.74) is 1.60. The molecule has 17 heavy (non-hydrogen) atoms. The highest BCUT2D eigenvalue weighted by molar-refractivity contribution is 5.99. The average molecular weight is 220 g/mol. The van der Waals surface area contributed by atoms with E-state index in [9.17, 15) is 5.11 Å². The molecule has 2 nitrogen and oxygen atoms in total. The zero-order valence-electron chi connectivity index (χ0n) is 9.09. The zero-order chi connectivity index (χ0) is 11.7. The quantitative estimate of drug-likeness (QED) is 0.681. The van der Waals surface area contributed by atoms with Crippen LogP contribution in [-0.4, -0.2) is 10.1 Å². The first kappa shape index (κ1) is 9.85. The predicted octanol–water partition coefficient (Wildman–Crippen LogP) is 3.41. The van der Waals surface area contributed by atoms with E-state index in [0.717, 1.165) is 21.9 Å². The van der Waals surface area contributed by atoms with Gasteiger partial charge in [0.05, 0.1) is 6.20 Å². The number of phenols is 1. The summed E-state index contributed by atoms with van der Waals surface area (Å²) in [6.07, 6.45) is 4.58. The van der Waals surface area contributed by atoms with Crippen molar-refractivity contribution in [3.63, 3.8) is 0 Å². The molecule has 0 amide bonds. The Balaban J connectivity index is 2.39. The molecule has 0 atom stereocenters. The SMILES string of the molecule is Oc1ccc2ccccc2c1-c1[c]nccc1. The molecule has 2 heteroatoms. The summed E-state index contributed by atoms with van der Waals surface area (Å²) in [4.78, 5) is 3.97. The Kier molecular flexibility index (Phi) is 2.26. The molecular formula is C15H10NO. The lowest BCUT2D eigenvalue weighted by Gasteiger charge is -2.08. The van der Waals surface area contributed by atoms with E-state index in [-0.39, 0.29) is 5.75 Å². The van der Waals surface area contributed by atoms with Gasteiger partial charge in [0.1, 0.15) is 5.75 Å². The lowest BCUT2D eigenvalue weighted by molar-refractivity contribution is 0.478. The molecule has 1 radical (unpaired) electrons. The molecule has 3 rings (SSSR count). The molecule has 81 valence electrons. The molecule has 0 saturated heterocycles. The highest BCUT2D eigenvalue weighted by Crippen LogP contribution is 2.35. The number of hydrogen-bond acceptors (Lipinski definition) is 2. The normalized spacial score (nSPS) is 10.6. The van der Waals surface area contributed by atoms with Crippen LogP contribution in [0.15, 0.2) is 54.7 Å². The minimum Gasteiger partial charge on any atom is -0.507 e. The molecule has 0 aliphatic rings. The van der Waals surface area contributed by atoms with Gasteiger partial charge in [-0.05, 0) is 22.9 Å². The van der Waals surface area contributed by atoms with Crippen LogP contribution in [0.3, 0.4) is 0 Å². The van der Waals surface area contributed by atoms with Gasteiger partial charge in [0.2, 0.25) is 0 Å². The van der Waals surface area contributed by atoms with Crippen molar-refractivity contribution in [1.29, 1.82) is 0 Å². The maximum absolute atomic E-state index is 10.0. The molecule has 1 heterocycles. The number of phenolic OH excluding ortho intramolecular Hbond substituents is 1. The Morgan fingerprint density at radius 3 is 2.65 bits per heavy atom. The van der Waals surface area contributed by atoms with Gasteiger partial charge in [0.25, 0.3) is 0 Å². The minimum absolute atomic E-state index is 0.257. The monoisotopic (exact) mass is 220 g/mol. The standard InChI is InChI=1S/C15H10NO/c17-14-8-7-11-4-1-2-6-13(11)15(14)12-5-3-9-16-10-12/h1-9,17H. The highest BCUT2D eigenvalue weighted by Gasteiger charge is 2.08. The molecule has 0 aliphatic heterocycles. The third-order valence-electron chi connectivity index (χ3n) is 2.78. The van der Waals surface area contributed by atoms with E-state index >= 15 is 0 Å². The summed E-state index contributed by atoms with van der Waals surface area (Å²) in [6.45, 7) is 0. The van der Waals surface area contributed by atoms with Gasteiger partial charge < -0.3 is 5.11 Å². The van der Waals surface area contributed by atoms with Gasteiger partial charge in [-0.3, -0.25) is 4.98 Å². The van der Waals surface area contributed by atoms with E-state index < -0.39 is 0 Å². The summed E-state index contributed by atoms with van der Waals surface area (Å²) in [5.74, 6) is 0.257. The van der Waals surface area contributed by atoms with Crippen molar-refractivity contribution in [3.8, 4) is 16.9 Å². The van der Waals surface area contributed by atoms with Crippen molar-refractivity contribution in [2.45, 2.75) is 0 Å². The lowest BCUT2D eigenvalue weighted by Crippen LogP contribution is -1.84. The van der Waals surface area contributed by atoms with E-state index in [4.69, 9.17) is 0 Å². The molecule has 0 spiro atoms. The number of fused-ring (bicyclic) bond motifs is 1. The second-order valence-electron chi connectivity index (χ2n) is 3.84. The summed E-state index contributed by atoms with van der Waals surface area (Å²) in [6, 6.07) is 15.3. The van der Waals surface area contributed by atoms with Crippen LogP contribution in [0.1, 0.15) is 0 Å². The number of rotatable bonds is 1. The predicted molar refractivity (Wildman–Crippen MR) is 67.7 cm³/mol. The summed E-state index contributed by atoms with van der Waals surface area (Å²) in [5, 5.41) is 12.1. The summed E-state index contributed by atoms with van der Waals surface area (Å²) < 4.78 is 0. The third-order valence-corrected chi connectivity index (χ3v) is 2.78. The maximum Gasteiger partial charge on any atom is 0.124 e. The molecule has 1 N–H and O–H groups in total. The Bertz CT molecular complexity index is 662. The number of hydrogen-bond donors (Lipinski definition) is 1. The van der Waals surface area contributed by atoms with Crippen LogP contribution in [-0.2, 0) is 0 Å². The van der Waals surface area contributed by atoms with Crippen molar-refractivity contribution in [1.82, 2.24) is 4.98 Å². The smallest absolute Gasteiger partial charge is 0.124 e. The molecular weight excluding hydrogens is 210 g/mol. The Morgan fingerprint density at radius 1 is 0.941 bits per heavy atom. The second-order valence-corrected chi connectivity index (χ2v) is 3.84. The molecule has 0 unspecified atom stereocenters. The van der Waals surface area contributed by atoms with Crippen LogP contribution in [0, 0.1) is 6.20 Å². The van der Waals surface area contributed by atoms with Gasteiger partial charge in [-0.15, -0.1) is 0 Å². The molecule has 0 fully saturated rings. The van der Waals surface area contributed by atoms with Crippen LogP contribution in [0.25, 0.3) is 21.9 Å². The second kappa shape index (κ2) is 3.91. The number of aromatic nitrogens is 1. The Hall–Kier alpha value is -2.35. The first-order valence-electron chi connectivity index (χ1n) is 5.40. The van der Waals surface area contributed by atoms with E-state index in [1.165, 1.54) is 0 Å². The van der Waals surface area contributed by atoms with Crippen LogP contribution >= 0.6 is 0 Å². The van der Waals surface area contributed by atoms with E-state index in [1.54, 1.807) is 12.3 Å². The Morgan fingerprint density at radius 2 is 1.82 bits per heavy atom. The molecule has 0 saturated carbocycles.